The number of urea groups is 1. The van der Waals surface area contributed by atoms with E-state index < -0.39 is 5.82 Å². The molecule has 9 heteroatoms. The summed E-state index contributed by atoms with van der Waals surface area (Å²) in [5.41, 5.74) is 2.10. The van der Waals surface area contributed by atoms with Crippen molar-refractivity contribution in [2.24, 2.45) is 0 Å². The van der Waals surface area contributed by atoms with E-state index in [0.29, 0.717) is 42.0 Å². The second kappa shape index (κ2) is 10.9. The first-order chi connectivity index (χ1) is 14.3. The highest BCUT2D eigenvalue weighted by molar-refractivity contribution is 6.31. The number of hydrogen-bond acceptors (Lipinski definition) is 4. The number of halogens is 3. The van der Waals surface area contributed by atoms with Crippen molar-refractivity contribution in [3.63, 3.8) is 0 Å². The van der Waals surface area contributed by atoms with E-state index >= 15 is 0 Å². The number of hydrogen-bond donors (Lipinski definition) is 2. The van der Waals surface area contributed by atoms with Gasteiger partial charge in [-0.25, -0.2) is 9.18 Å². The Morgan fingerprint density at radius 3 is 2.52 bits per heavy atom. The Hall–Kier alpha value is -2.22. The summed E-state index contributed by atoms with van der Waals surface area (Å²) in [7, 11) is 5.24. The molecule has 0 atom stereocenters. The molecule has 1 aliphatic rings. The van der Waals surface area contributed by atoms with Crippen LogP contribution in [-0.4, -0.2) is 55.2 Å². The van der Waals surface area contributed by atoms with Crippen LogP contribution in [0.2, 0.25) is 5.02 Å². The number of likely N-dealkylation sites (tertiary alicyclic amines) is 1. The fraction of sp³-hybridized carbons (Fsp3) is 0.409. The van der Waals surface area contributed by atoms with E-state index in [0.717, 1.165) is 19.3 Å². The molecule has 0 spiro atoms. The van der Waals surface area contributed by atoms with E-state index in [1.54, 1.807) is 11.0 Å². The summed E-state index contributed by atoms with van der Waals surface area (Å²) in [5, 5.41) is 13.8. The summed E-state index contributed by atoms with van der Waals surface area (Å²) in [6, 6.07) is 5.70. The van der Waals surface area contributed by atoms with Crippen LogP contribution in [0.4, 0.5) is 14.9 Å². The highest BCUT2D eigenvalue weighted by atomic mass is 35.5. The third kappa shape index (κ3) is 5.73. The van der Waals surface area contributed by atoms with E-state index in [1.165, 1.54) is 25.3 Å². The van der Waals surface area contributed by atoms with Crippen molar-refractivity contribution >= 4 is 35.7 Å². The van der Waals surface area contributed by atoms with Crippen LogP contribution in [0.15, 0.2) is 24.3 Å². The predicted molar refractivity (Wildman–Crippen MR) is 124 cm³/mol. The number of amides is 2. The van der Waals surface area contributed by atoms with Crippen LogP contribution >= 0.6 is 24.0 Å². The lowest BCUT2D eigenvalue weighted by molar-refractivity contribution is 0.200. The van der Waals surface area contributed by atoms with Crippen molar-refractivity contribution in [1.82, 2.24) is 9.80 Å². The fourth-order valence-corrected chi connectivity index (χ4v) is 3.85. The molecule has 6 nitrogen and oxygen atoms in total. The molecule has 0 radical (unpaired) electrons. The van der Waals surface area contributed by atoms with Crippen LogP contribution in [0, 0.1) is 5.82 Å². The summed E-state index contributed by atoms with van der Waals surface area (Å²) in [6.45, 7) is 1.87. The molecule has 0 unspecified atom stereocenters. The van der Waals surface area contributed by atoms with Gasteiger partial charge in [-0.15, -0.1) is 12.4 Å². The van der Waals surface area contributed by atoms with Gasteiger partial charge in [0.1, 0.15) is 5.82 Å². The molecular formula is C22H28Cl2FN3O3. The maximum atomic E-state index is 13.6. The number of carbonyl (C=O) groups is 1. The SMILES string of the molecule is COc1c(O)c(-c2ccc(F)c(Cl)c2)cc(NC(=O)N2CCCCC2)c1CN(C)C.Cl. The van der Waals surface area contributed by atoms with Gasteiger partial charge in [0.15, 0.2) is 11.5 Å². The van der Waals surface area contributed by atoms with Gasteiger partial charge in [0.25, 0.3) is 0 Å². The fourth-order valence-electron chi connectivity index (χ4n) is 3.67. The first-order valence-corrected chi connectivity index (χ1v) is 10.3. The summed E-state index contributed by atoms with van der Waals surface area (Å²) in [6.07, 6.45) is 3.09. The van der Waals surface area contributed by atoms with Gasteiger partial charge >= 0.3 is 6.03 Å². The summed E-state index contributed by atoms with van der Waals surface area (Å²) in [4.78, 5) is 16.6. The normalized spacial score (nSPS) is 13.7. The number of anilines is 1. The molecule has 0 aliphatic carbocycles. The first kappa shape index (κ1) is 25.0. The van der Waals surface area contributed by atoms with E-state index in [1.807, 2.05) is 19.0 Å². The Morgan fingerprint density at radius 1 is 1.26 bits per heavy atom. The molecule has 31 heavy (non-hydrogen) atoms. The Balaban J connectivity index is 0.00000341. The average Bonchev–Trinajstić information content (AvgIpc) is 2.72. The maximum Gasteiger partial charge on any atom is 0.321 e. The second-order valence-corrected chi connectivity index (χ2v) is 8.08. The van der Waals surface area contributed by atoms with E-state index in [9.17, 15) is 14.3 Å². The number of methoxy groups -OCH3 is 1. The molecule has 1 aliphatic heterocycles. The number of phenolic OH excluding ortho intramolecular Hbond substituents is 1. The number of nitrogens with zero attached hydrogens (tertiary/aromatic N) is 2. The average molecular weight is 472 g/mol. The number of aromatic hydroxyl groups is 1. The minimum Gasteiger partial charge on any atom is -0.504 e. The molecule has 1 saturated heterocycles. The molecule has 2 amide bonds. The monoisotopic (exact) mass is 471 g/mol. The number of ether oxygens (including phenoxy) is 1. The van der Waals surface area contributed by atoms with Gasteiger partial charge in [0.05, 0.1) is 17.8 Å². The van der Waals surface area contributed by atoms with Crippen LogP contribution < -0.4 is 10.1 Å². The number of benzene rings is 2. The highest BCUT2D eigenvalue weighted by Crippen LogP contribution is 2.44. The first-order valence-electron chi connectivity index (χ1n) is 9.90. The van der Waals surface area contributed by atoms with Gasteiger partial charge in [0, 0.05) is 30.8 Å². The van der Waals surface area contributed by atoms with E-state index in [-0.39, 0.29) is 35.0 Å². The smallest absolute Gasteiger partial charge is 0.321 e. The molecule has 1 fully saturated rings. The van der Waals surface area contributed by atoms with Gasteiger partial charge in [0.2, 0.25) is 0 Å². The molecule has 3 rings (SSSR count). The molecule has 1 heterocycles. The Bertz CT molecular complexity index is 935. The zero-order chi connectivity index (χ0) is 21.8. The standard InChI is InChI=1S/C22H27ClFN3O3.ClH/c1-26(2)13-16-19(25-22(29)27-9-5-4-6-10-27)12-15(20(28)21(16)30-3)14-7-8-18(24)17(23)11-14;/h7-8,11-12,28H,4-6,9-10,13H2,1-3H3,(H,25,29);1H. The molecule has 2 N–H and O–H groups in total. The van der Waals surface area contributed by atoms with Crippen molar-refractivity contribution < 1.29 is 19.0 Å². The number of rotatable bonds is 5. The molecule has 0 saturated carbocycles. The minimum absolute atomic E-state index is 0. The van der Waals surface area contributed by atoms with Crippen LogP contribution in [0.3, 0.4) is 0 Å². The molecule has 0 aromatic heterocycles. The number of phenols is 1. The number of piperidine rings is 1. The number of carbonyl (C=O) groups excluding carboxylic acids is 1. The van der Waals surface area contributed by atoms with Crippen molar-refractivity contribution in [1.29, 1.82) is 0 Å². The Morgan fingerprint density at radius 2 is 1.94 bits per heavy atom. The highest BCUT2D eigenvalue weighted by Gasteiger charge is 2.24. The zero-order valence-corrected chi connectivity index (χ0v) is 19.4. The minimum atomic E-state index is -0.547. The summed E-state index contributed by atoms with van der Waals surface area (Å²) in [5.74, 6) is -0.377. The molecule has 0 bridgehead atoms. The molecule has 2 aromatic rings. The Labute approximate surface area is 193 Å². The Kier molecular flexibility index (Phi) is 8.79. The summed E-state index contributed by atoms with van der Waals surface area (Å²) < 4.78 is 19.2. The van der Waals surface area contributed by atoms with Gasteiger partial charge in [-0.1, -0.05) is 17.7 Å². The van der Waals surface area contributed by atoms with Crippen molar-refractivity contribution in [3.05, 3.63) is 40.7 Å². The lowest BCUT2D eigenvalue weighted by atomic mass is 9.99. The van der Waals surface area contributed by atoms with Gasteiger partial charge in [-0.2, -0.15) is 0 Å². The van der Waals surface area contributed by atoms with Crippen molar-refractivity contribution in [2.45, 2.75) is 25.8 Å². The van der Waals surface area contributed by atoms with Crippen LogP contribution in [0.1, 0.15) is 24.8 Å². The predicted octanol–water partition coefficient (Wildman–Crippen LogP) is 5.36. The largest absolute Gasteiger partial charge is 0.504 e. The van der Waals surface area contributed by atoms with Crippen LogP contribution in [0.25, 0.3) is 11.1 Å². The summed E-state index contributed by atoms with van der Waals surface area (Å²) >= 11 is 5.94. The van der Waals surface area contributed by atoms with Crippen molar-refractivity contribution in [2.75, 3.05) is 39.6 Å². The third-order valence-electron chi connectivity index (χ3n) is 5.15. The van der Waals surface area contributed by atoms with Gasteiger partial charge in [-0.05, 0) is 57.1 Å². The van der Waals surface area contributed by atoms with Crippen LogP contribution in [0.5, 0.6) is 11.5 Å². The molecular weight excluding hydrogens is 444 g/mol. The lowest BCUT2D eigenvalue weighted by Gasteiger charge is -2.28. The van der Waals surface area contributed by atoms with Crippen LogP contribution in [-0.2, 0) is 6.54 Å². The molecule has 170 valence electrons. The maximum absolute atomic E-state index is 13.6. The topological polar surface area (TPSA) is 65.0 Å². The van der Waals surface area contributed by atoms with Gasteiger partial charge < -0.3 is 25.0 Å². The van der Waals surface area contributed by atoms with E-state index in [4.69, 9.17) is 16.3 Å². The third-order valence-corrected chi connectivity index (χ3v) is 5.44. The lowest BCUT2D eigenvalue weighted by Crippen LogP contribution is -2.39. The molecule has 2 aromatic carbocycles. The van der Waals surface area contributed by atoms with Gasteiger partial charge in [-0.3, -0.25) is 0 Å². The zero-order valence-electron chi connectivity index (χ0n) is 17.9. The number of nitrogens with one attached hydrogen (secondary N) is 1. The van der Waals surface area contributed by atoms with E-state index in [2.05, 4.69) is 5.32 Å². The van der Waals surface area contributed by atoms with Crippen molar-refractivity contribution in [3.8, 4) is 22.6 Å². The second-order valence-electron chi connectivity index (χ2n) is 7.68. The quantitative estimate of drug-likeness (QED) is 0.575.